The maximum absolute atomic E-state index is 11.6. The number of unbranched alkanes of at least 4 members (excludes halogenated alkanes) is 5. The molecule has 0 heterocycles. The molecule has 0 aliphatic heterocycles. The first-order valence-electron chi connectivity index (χ1n) is 7.31. The van der Waals surface area contributed by atoms with Gasteiger partial charge >= 0.3 is 5.97 Å². The summed E-state index contributed by atoms with van der Waals surface area (Å²) in [5.41, 5.74) is 7.07. The number of hydrogen-bond acceptors (Lipinski definition) is 3. The lowest BCUT2D eigenvalue weighted by molar-refractivity contribution is -0.139. The van der Waals surface area contributed by atoms with Crippen LogP contribution in [0.5, 0.6) is 0 Å². The monoisotopic (exact) mass is 255 g/mol. The molecule has 0 saturated carbocycles. The second-order valence-electron chi connectivity index (χ2n) is 4.63. The van der Waals surface area contributed by atoms with Gasteiger partial charge in [0.05, 0.1) is 6.61 Å². The van der Waals surface area contributed by atoms with Gasteiger partial charge < -0.3 is 10.5 Å². The lowest BCUT2D eigenvalue weighted by atomic mass is 10.1. The average Bonchev–Trinajstić information content (AvgIpc) is 2.38. The first kappa shape index (κ1) is 17.0. The molecule has 0 atom stereocenters. The number of rotatable bonds is 10. The first-order chi connectivity index (χ1) is 8.67. The van der Waals surface area contributed by atoms with Gasteiger partial charge in [-0.3, -0.25) is 0 Å². The summed E-state index contributed by atoms with van der Waals surface area (Å²) in [6, 6.07) is 0. The molecule has 2 N–H and O–H groups in total. The molecule has 0 aliphatic carbocycles. The van der Waals surface area contributed by atoms with Gasteiger partial charge in [-0.25, -0.2) is 4.79 Å². The number of hydrogen-bond donors (Lipinski definition) is 1. The topological polar surface area (TPSA) is 52.3 Å². The number of ether oxygens (including phenoxy) is 1. The fraction of sp³-hybridized carbons (Fsp3) is 0.800. The van der Waals surface area contributed by atoms with E-state index in [4.69, 9.17) is 10.5 Å². The van der Waals surface area contributed by atoms with Gasteiger partial charge in [-0.15, -0.1) is 0 Å². The molecule has 106 valence electrons. The molecule has 3 nitrogen and oxygen atoms in total. The van der Waals surface area contributed by atoms with Gasteiger partial charge in [0.2, 0.25) is 0 Å². The largest absolute Gasteiger partial charge is 0.461 e. The summed E-state index contributed by atoms with van der Waals surface area (Å²) in [4.78, 5) is 11.6. The Bertz CT molecular complexity index is 253. The SMILES string of the molecule is CCCCCCCCOC(=O)C(N)=C(CC)CC. The Morgan fingerprint density at radius 3 is 2.06 bits per heavy atom. The van der Waals surface area contributed by atoms with Gasteiger partial charge in [-0.2, -0.15) is 0 Å². The lowest BCUT2D eigenvalue weighted by Gasteiger charge is -2.08. The van der Waals surface area contributed by atoms with Crippen molar-refractivity contribution in [2.45, 2.75) is 72.1 Å². The van der Waals surface area contributed by atoms with Crippen LogP contribution < -0.4 is 5.73 Å². The third-order valence-corrected chi connectivity index (χ3v) is 3.19. The predicted octanol–water partition coefficient (Wildman–Crippen LogP) is 3.92. The van der Waals surface area contributed by atoms with Crippen molar-refractivity contribution < 1.29 is 9.53 Å². The molecule has 0 spiro atoms. The summed E-state index contributed by atoms with van der Waals surface area (Å²) in [5, 5.41) is 0. The minimum atomic E-state index is -0.345. The van der Waals surface area contributed by atoms with E-state index in [1.54, 1.807) is 0 Å². The molecule has 0 aromatic carbocycles. The van der Waals surface area contributed by atoms with E-state index in [-0.39, 0.29) is 5.97 Å². The normalized spacial score (nSPS) is 10.2. The molecule has 0 aromatic rings. The van der Waals surface area contributed by atoms with Crippen molar-refractivity contribution in [1.29, 1.82) is 0 Å². The smallest absolute Gasteiger partial charge is 0.354 e. The zero-order valence-corrected chi connectivity index (χ0v) is 12.3. The quantitative estimate of drug-likeness (QED) is 0.365. The Kier molecular flexibility index (Phi) is 10.5. The van der Waals surface area contributed by atoms with Gasteiger partial charge in [0, 0.05) is 0 Å². The van der Waals surface area contributed by atoms with Crippen molar-refractivity contribution in [1.82, 2.24) is 0 Å². The van der Waals surface area contributed by atoms with Crippen molar-refractivity contribution in [2.24, 2.45) is 5.73 Å². The van der Waals surface area contributed by atoms with Crippen LogP contribution in [0, 0.1) is 0 Å². The van der Waals surface area contributed by atoms with Crippen molar-refractivity contribution in [2.75, 3.05) is 6.61 Å². The Balaban J connectivity index is 3.74. The zero-order valence-electron chi connectivity index (χ0n) is 12.3. The van der Waals surface area contributed by atoms with E-state index in [1.165, 1.54) is 25.7 Å². The van der Waals surface area contributed by atoms with Gasteiger partial charge in [0.1, 0.15) is 5.70 Å². The number of carbonyl (C=O) groups excluding carboxylic acids is 1. The summed E-state index contributed by atoms with van der Waals surface area (Å²) >= 11 is 0. The highest BCUT2D eigenvalue weighted by atomic mass is 16.5. The Morgan fingerprint density at radius 2 is 1.50 bits per heavy atom. The van der Waals surface area contributed by atoms with E-state index < -0.39 is 0 Å². The fourth-order valence-electron chi connectivity index (χ4n) is 1.90. The molecule has 0 rings (SSSR count). The molecule has 0 saturated heterocycles. The van der Waals surface area contributed by atoms with Gasteiger partial charge in [0.25, 0.3) is 0 Å². The Hall–Kier alpha value is -0.990. The number of nitrogens with two attached hydrogens (primary N) is 1. The standard InChI is InChI=1S/C15H29NO2/c1-4-7-8-9-10-11-12-18-15(17)14(16)13(5-2)6-3/h4-12,16H2,1-3H3. The third kappa shape index (κ3) is 7.36. The van der Waals surface area contributed by atoms with Gasteiger partial charge in [0.15, 0.2) is 0 Å². The molecular formula is C15H29NO2. The van der Waals surface area contributed by atoms with Crippen LogP contribution in [0.4, 0.5) is 0 Å². The molecule has 0 aromatic heterocycles. The molecule has 3 heteroatoms. The van der Waals surface area contributed by atoms with E-state index in [0.717, 1.165) is 31.3 Å². The third-order valence-electron chi connectivity index (χ3n) is 3.19. The average molecular weight is 255 g/mol. The van der Waals surface area contributed by atoms with Gasteiger partial charge in [-0.05, 0) is 24.8 Å². The van der Waals surface area contributed by atoms with E-state index in [0.29, 0.717) is 12.3 Å². The van der Waals surface area contributed by atoms with Crippen LogP contribution in [0.15, 0.2) is 11.3 Å². The van der Waals surface area contributed by atoms with Gasteiger partial charge in [-0.1, -0.05) is 52.9 Å². The molecule has 0 amide bonds. The van der Waals surface area contributed by atoms with Crippen LogP contribution in [0.2, 0.25) is 0 Å². The summed E-state index contributed by atoms with van der Waals surface area (Å²) in [6.07, 6.45) is 8.76. The molecule has 0 radical (unpaired) electrons. The minimum absolute atomic E-state index is 0.311. The highest BCUT2D eigenvalue weighted by Gasteiger charge is 2.10. The Labute approximate surface area is 112 Å². The van der Waals surface area contributed by atoms with E-state index in [1.807, 2.05) is 13.8 Å². The molecule has 0 bridgehead atoms. The summed E-state index contributed by atoms with van der Waals surface area (Å²) in [7, 11) is 0. The lowest BCUT2D eigenvalue weighted by Crippen LogP contribution is -2.17. The predicted molar refractivity (Wildman–Crippen MR) is 76.1 cm³/mol. The molecular weight excluding hydrogens is 226 g/mol. The van der Waals surface area contributed by atoms with Crippen LogP contribution in [0.3, 0.4) is 0 Å². The van der Waals surface area contributed by atoms with Crippen molar-refractivity contribution in [3.63, 3.8) is 0 Å². The summed E-state index contributed by atoms with van der Waals surface area (Å²) in [6.45, 7) is 6.71. The second-order valence-corrected chi connectivity index (χ2v) is 4.63. The highest BCUT2D eigenvalue weighted by molar-refractivity contribution is 5.88. The van der Waals surface area contributed by atoms with Crippen molar-refractivity contribution in [3.05, 3.63) is 11.3 Å². The number of carbonyl (C=O) groups is 1. The first-order valence-corrected chi connectivity index (χ1v) is 7.31. The minimum Gasteiger partial charge on any atom is -0.461 e. The van der Waals surface area contributed by atoms with E-state index in [2.05, 4.69) is 6.92 Å². The fourth-order valence-corrected chi connectivity index (χ4v) is 1.90. The molecule has 18 heavy (non-hydrogen) atoms. The maximum atomic E-state index is 11.6. The molecule has 0 unspecified atom stereocenters. The van der Waals surface area contributed by atoms with E-state index in [9.17, 15) is 4.79 Å². The number of allylic oxidation sites excluding steroid dienone is 1. The van der Waals surface area contributed by atoms with Crippen molar-refractivity contribution in [3.8, 4) is 0 Å². The van der Waals surface area contributed by atoms with Crippen LogP contribution in [0.25, 0.3) is 0 Å². The highest BCUT2D eigenvalue weighted by Crippen LogP contribution is 2.10. The number of esters is 1. The molecule has 0 aliphatic rings. The van der Waals surface area contributed by atoms with Crippen LogP contribution in [-0.2, 0) is 9.53 Å². The summed E-state index contributed by atoms with van der Waals surface area (Å²) in [5.74, 6) is -0.345. The molecule has 0 fully saturated rings. The maximum Gasteiger partial charge on any atom is 0.354 e. The van der Waals surface area contributed by atoms with E-state index >= 15 is 0 Å². The van der Waals surface area contributed by atoms with Crippen molar-refractivity contribution >= 4 is 5.97 Å². The van der Waals surface area contributed by atoms with Crippen LogP contribution >= 0.6 is 0 Å². The Morgan fingerprint density at radius 1 is 0.944 bits per heavy atom. The summed E-state index contributed by atoms with van der Waals surface area (Å²) < 4.78 is 5.17. The van der Waals surface area contributed by atoms with Crippen LogP contribution in [0.1, 0.15) is 72.1 Å². The second kappa shape index (κ2) is 11.1. The zero-order chi connectivity index (χ0) is 13.8. The van der Waals surface area contributed by atoms with Crippen LogP contribution in [-0.4, -0.2) is 12.6 Å².